The van der Waals surface area contributed by atoms with Crippen molar-refractivity contribution in [1.29, 1.82) is 0 Å². The Hall–Kier alpha value is -2.03. The first-order valence-electron chi connectivity index (χ1n) is 7.81. The molecule has 0 saturated heterocycles. The molecule has 3 nitrogen and oxygen atoms in total. The van der Waals surface area contributed by atoms with E-state index in [0.717, 1.165) is 10.8 Å². The summed E-state index contributed by atoms with van der Waals surface area (Å²) in [6.07, 6.45) is 0. The lowest BCUT2D eigenvalue weighted by Gasteiger charge is -2.26. The van der Waals surface area contributed by atoms with Gasteiger partial charge in [-0.15, -0.1) is 0 Å². The van der Waals surface area contributed by atoms with Gasteiger partial charge in [-0.1, -0.05) is 52.0 Å². The third-order valence-electron chi connectivity index (χ3n) is 4.05. The number of methoxy groups -OCH3 is 1. The molecule has 0 spiro atoms. The summed E-state index contributed by atoms with van der Waals surface area (Å²) in [6.45, 7) is 8.51. The van der Waals surface area contributed by atoms with Crippen LogP contribution in [0.4, 0.5) is 0 Å². The van der Waals surface area contributed by atoms with E-state index in [4.69, 9.17) is 4.74 Å². The molecule has 2 aromatic rings. The first-order valence-corrected chi connectivity index (χ1v) is 7.81. The van der Waals surface area contributed by atoms with Gasteiger partial charge in [0.05, 0.1) is 12.7 Å². The molecule has 1 amide bonds. The summed E-state index contributed by atoms with van der Waals surface area (Å²) in [5.74, 6) is 1.31. The van der Waals surface area contributed by atoms with Crippen molar-refractivity contribution < 1.29 is 9.53 Å². The Bertz CT molecular complexity index is 654. The highest BCUT2D eigenvalue weighted by atomic mass is 16.5. The highest BCUT2D eigenvalue weighted by molar-refractivity contribution is 6.01. The van der Waals surface area contributed by atoms with Crippen LogP contribution < -0.4 is 10.1 Å². The van der Waals surface area contributed by atoms with Crippen LogP contribution in [0.25, 0.3) is 10.8 Å². The van der Waals surface area contributed by atoms with E-state index in [0.29, 0.717) is 23.1 Å². The van der Waals surface area contributed by atoms with Crippen molar-refractivity contribution >= 4 is 16.7 Å². The van der Waals surface area contributed by atoms with Crippen LogP contribution in [0, 0.1) is 11.8 Å². The molecular weight excluding hydrogens is 274 g/mol. The molecule has 1 N–H and O–H groups in total. The molecule has 0 aliphatic rings. The number of hydrogen-bond donors (Lipinski definition) is 1. The number of amides is 1. The van der Waals surface area contributed by atoms with Crippen LogP contribution in [0.15, 0.2) is 36.4 Å². The molecule has 0 aliphatic heterocycles. The first kappa shape index (κ1) is 16.3. The lowest BCUT2D eigenvalue weighted by atomic mass is 9.93. The number of fused-ring (bicyclic) bond motifs is 1. The van der Waals surface area contributed by atoms with Gasteiger partial charge in [0.2, 0.25) is 0 Å². The first-order chi connectivity index (χ1) is 10.4. The predicted octanol–water partition coefficient (Wildman–Crippen LogP) is 4.26. The fraction of sp³-hybridized carbons (Fsp3) is 0.421. The highest BCUT2D eigenvalue weighted by Crippen LogP contribution is 2.26. The topological polar surface area (TPSA) is 38.3 Å². The van der Waals surface area contributed by atoms with E-state index >= 15 is 0 Å². The molecule has 0 saturated carbocycles. The van der Waals surface area contributed by atoms with E-state index in [1.165, 1.54) is 0 Å². The van der Waals surface area contributed by atoms with Crippen molar-refractivity contribution in [2.45, 2.75) is 33.7 Å². The van der Waals surface area contributed by atoms with Crippen LogP contribution in [-0.2, 0) is 0 Å². The molecule has 0 atom stereocenters. The maximum Gasteiger partial charge on any atom is 0.255 e. The van der Waals surface area contributed by atoms with Crippen molar-refractivity contribution in [3.63, 3.8) is 0 Å². The Morgan fingerprint density at radius 1 is 1.00 bits per heavy atom. The molecule has 0 fully saturated rings. The van der Waals surface area contributed by atoms with Gasteiger partial charge in [0.1, 0.15) is 5.75 Å². The molecule has 0 radical (unpaired) electrons. The molecule has 0 bridgehead atoms. The summed E-state index contributed by atoms with van der Waals surface area (Å²) in [4.78, 5) is 12.7. The van der Waals surface area contributed by atoms with E-state index in [2.05, 4.69) is 33.0 Å². The molecule has 22 heavy (non-hydrogen) atoms. The third kappa shape index (κ3) is 3.41. The van der Waals surface area contributed by atoms with Crippen LogP contribution in [0.1, 0.15) is 38.1 Å². The number of nitrogens with one attached hydrogen (secondary N) is 1. The zero-order chi connectivity index (χ0) is 16.3. The summed E-state index contributed by atoms with van der Waals surface area (Å²) in [6, 6.07) is 11.9. The molecule has 3 heteroatoms. The Balaban J connectivity index is 2.38. The third-order valence-corrected chi connectivity index (χ3v) is 4.05. The average molecular weight is 299 g/mol. The van der Waals surface area contributed by atoms with Gasteiger partial charge in [0.25, 0.3) is 5.91 Å². The molecule has 0 heterocycles. The maximum absolute atomic E-state index is 12.7. The fourth-order valence-electron chi connectivity index (χ4n) is 2.90. The zero-order valence-corrected chi connectivity index (χ0v) is 14.0. The van der Waals surface area contributed by atoms with Gasteiger partial charge in [-0.2, -0.15) is 0 Å². The largest absolute Gasteiger partial charge is 0.496 e. The second-order valence-corrected chi connectivity index (χ2v) is 6.39. The second kappa shape index (κ2) is 6.82. The van der Waals surface area contributed by atoms with Crippen molar-refractivity contribution in [1.82, 2.24) is 5.32 Å². The lowest BCUT2D eigenvalue weighted by molar-refractivity contribution is 0.0907. The zero-order valence-electron chi connectivity index (χ0n) is 14.0. The van der Waals surface area contributed by atoms with Crippen molar-refractivity contribution in [2.75, 3.05) is 7.11 Å². The van der Waals surface area contributed by atoms with Gasteiger partial charge >= 0.3 is 0 Å². The average Bonchev–Trinajstić information content (AvgIpc) is 2.50. The molecule has 0 aliphatic carbocycles. The summed E-state index contributed by atoms with van der Waals surface area (Å²) in [5, 5.41) is 5.26. The van der Waals surface area contributed by atoms with Crippen LogP contribution in [0.5, 0.6) is 5.75 Å². The van der Waals surface area contributed by atoms with Crippen LogP contribution in [0.2, 0.25) is 0 Å². The number of ether oxygens (including phenoxy) is 1. The number of hydrogen-bond acceptors (Lipinski definition) is 2. The number of benzene rings is 2. The maximum atomic E-state index is 12.7. The van der Waals surface area contributed by atoms with Gasteiger partial charge in [0.15, 0.2) is 0 Å². The summed E-state index contributed by atoms with van der Waals surface area (Å²) >= 11 is 0. The highest BCUT2D eigenvalue weighted by Gasteiger charge is 2.22. The predicted molar refractivity (Wildman–Crippen MR) is 91.4 cm³/mol. The Morgan fingerprint density at radius 2 is 1.55 bits per heavy atom. The standard InChI is InChI=1S/C19H25NO2/c1-12(2)18(13(3)4)20-19(21)16-10-14-8-6-7-9-15(14)11-17(16)22-5/h6-13,18H,1-5H3,(H,20,21). The summed E-state index contributed by atoms with van der Waals surface area (Å²) < 4.78 is 5.42. The monoisotopic (exact) mass is 299 g/mol. The van der Waals surface area contributed by atoms with E-state index in [-0.39, 0.29) is 11.9 Å². The number of carbonyl (C=O) groups is 1. The number of rotatable bonds is 5. The van der Waals surface area contributed by atoms with Gasteiger partial charge in [0, 0.05) is 6.04 Å². The van der Waals surface area contributed by atoms with E-state index in [1.54, 1.807) is 7.11 Å². The second-order valence-electron chi connectivity index (χ2n) is 6.39. The quantitative estimate of drug-likeness (QED) is 0.896. The van der Waals surface area contributed by atoms with Crippen molar-refractivity contribution in [3.8, 4) is 5.75 Å². The smallest absolute Gasteiger partial charge is 0.255 e. The Morgan fingerprint density at radius 3 is 2.05 bits per heavy atom. The van der Waals surface area contributed by atoms with E-state index in [1.807, 2.05) is 36.4 Å². The molecule has 118 valence electrons. The lowest BCUT2D eigenvalue weighted by Crippen LogP contribution is -2.42. The minimum absolute atomic E-state index is 0.0741. The molecule has 0 unspecified atom stereocenters. The minimum atomic E-state index is -0.0741. The number of carbonyl (C=O) groups excluding carboxylic acids is 1. The van der Waals surface area contributed by atoms with Crippen LogP contribution in [0.3, 0.4) is 0 Å². The summed E-state index contributed by atoms with van der Waals surface area (Å²) in [7, 11) is 1.60. The van der Waals surface area contributed by atoms with E-state index < -0.39 is 0 Å². The summed E-state index contributed by atoms with van der Waals surface area (Å²) in [5.41, 5.74) is 0.590. The molecule has 0 aromatic heterocycles. The fourth-order valence-corrected chi connectivity index (χ4v) is 2.90. The minimum Gasteiger partial charge on any atom is -0.496 e. The van der Waals surface area contributed by atoms with Gasteiger partial charge in [-0.3, -0.25) is 4.79 Å². The molecule has 2 aromatic carbocycles. The normalized spacial score (nSPS) is 11.5. The molecule has 2 rings (SSSR count). The van der Waals surface area contributed by atoms with Crippen molar-refractivity contribution in [2.24, 2.45) is 11.8 Å². The van der Waals surface area contributed by atoms with Gasteiger partial charge in [-0.05, 0) is 34.7 Å². The SMILES string of the molecule is COc1cc2ccccc2cc1C(=O)NC(C(C)C)C(C)C. The Labute approximate surface area is 132 Å². The van der Waals surface area contributed by atoms with Gasteiger partial charge in [-0.25, -0.2) is 0 Å². The van der Waals surface area contributed by atoms with Crippen molar-refractivity contribution in [3.05, 3.63) is 42.0 Å². The van der Waals surface area contributed by atoms with Crippen LogP contribution in [-0.4, -0.2) is 19.1 Å². The molecular formula is C19H25NO2. The van der Waals surface area contributed by atoms with E-state index in [9.17, 15) is 4.79 Å². The Kier molecular flexibility index (Phi) is 5.07. The van der Waals surface area contributed by atoms with Crippen LogP contribution >= 0.6 is 0 Å². The van der Waals surface area contributed by atoms with Gasteiger partial charge < -0.3 is 10.1 Å².